The van der Waals surface area contributed by atoms with E-state index in [0.717, 1.165) is 5.56 Å². The summed E-state index contributed by atoms with van der Waals surface area (Å²) < 4.78 is 14.4. The van der Waals surface area contributed by atoms with Crippen molar-refractivity contribution in [2.45, 2.75) is 6.54 Å². The van der Waals surface area contributed by atoms with Gasteiger partial charge in [-0.25, -0.2) is 4.39 Å². The quantitative estimate of drug-likeness (QED) is 0.871. The van der Waals surface area contributed by atoms with Gasteiger partial charge in [0.1, 0.15) is 6.07 Å². The lowest BCUT2D eigenvalue weighted by molar-refractivity contribution is 0.615. The third kappa shape index (κ3) is 2.91. The molecule has 0 aliphatic carbocycles. The Kier molecular flexibility index (Phi) is 4.26. The predicted octanol–water partition coefficient (Wildman–Crippen LogP) is 3.68. The molecule has 0 atom stereocenters. The summed E-state index contributed by atoms with van der Waals surface area (Å²) >= 11 is 3.11. The van der Waals surface area contributed by atoms with Gasteiger partial charge < -0.3 is 10.6 Å². The van der Waals surface area contributed by atoms with E-state index in [-0.39, 0.29) is 10.0 Å². The normalized spacial score (nSPS) is 10.1. The monoisotopic (exact) mass is 333 g/mol. The predicted molar refractivity (Wildman–Crippen MR) is 81.8 cm³/mol. The number of nitrogen functional groups attached to an aromatic ring is 1. The smallest absolute Gasteiger partial charge is 0.161 e. The third-order valence-corrected chi connectivity index (χ3v) is 3.74. The molecule has 0 unspecified atom stereocenters. The van der Waals surface area contributed by atoms with Crippen molar-refractivity contribution in [3.05, 3.63) is 57.8 Å². The van der Waals surface area contributed by atoms with Gasteiger partial charge >= 0.3 is 0 Å². The van der Waals surface area contributed by atoms with Crippen LogP contribution in [0.2, 0.25) is 0 Å². The molecule has 2 aromatic carbocycles. The number of nitrogens with zero attached hydrogens (tertiary/aromatic N) is 2. The highest BCUT2D eigenvalue weighted by Crippen LogP contribution is 2.29. The van der Waals surface area contributed by atoms with Crippen LogP contribution in [0.25, 0.3) is 0 Å². The maximum Gasteiger partial charge on any atom is 0.161 e. The van der Waals surface area contributed by atoms with Gasteiger partial charge in [0.25, 0.3) is 0 Å². The van der Waals surface area contributed by atoms with Crippen LogP contribution in [-0.2, 0) is 6.54 Å². The van der Waals surface area contributed by atoms with E-state index in [1.807, 2.05) is 30.3 Å². The summed E-state index contributed by atoms with van der Waals surface area (Å²) in [4.78, 5) is 1.77. The van der Waals surface area contributed by atoms with Crippen molar-refractivity contribution in [2.75, 3.05) is 17.7 Å². The Morgan fingerprint density at radius 3 is 2.75 bits per heavy atom. The maximum absolute atomic E-state index is 14.2. The van der Waals surface area contributed by atoms with Crippen LogP contribution >= 0.6 is 15.9 Å². The van der Waals surface area contributed by atoms with Gasteiger partial charge in [-0.15, -0.1) is 0 Å². The van der Waals surface area contributed by atoms with Crippen molar-refractivity contribution in [3.8, 4) is 6.07 Å². The minimum atomic E-state index is -0.435. The number of hydrogen-bond donors (Lipinski definition) is 1. The van der Waals surface area contributed by atoms with E-state index in [9.17, 15) is 4.39 Å². The fraction of sp³-hybridized carbons (Fsp3) is 0.133. The molecule has 0 radical (unpaired) electrons. The van der Waals surface area contributed by atoms with Gasteiger partial charge in [-0.05, 0) is 45.8 Å². The van der Waals surface area contributed by atoms with Gasteiger partial charge in [0.2, 0.25) is 0 Å². The first-order valence-electron chi connectivity index (χ1n) is 5.96. The molecule has 0 fully saturated rings. The van der Waals surface area contributed by atoms with Crippen LogP contribution in [0.1, 0.15) is 11.1 Å². The lowest BCUT2D eigenvalue weighted by Gasteiger charge is -2.21. The van der Waals surface area contributed by atoms with Gasteiger partial charge in [0.05, 0.1) is 15.7 Å². The standard InChI is InChI=1S/C15H13BrFN3/c1-20(9-10-3-2-4-12(19)7-10)13-6-5-11(8-18)14(16)15(13)17/h2-7H,9,19H2,1H3. The molecular weight excluding hydrogens is 321 g/mol. The molecular formula is C15H13BrFN3. The summed E-state index contributed by atoms with van der Waals surface area (Å²) in [6.07, 6.45) is 0. The molecule has 5 heteroatoms. The van der Waals surface area contributed by atoms with Gasteiger partial charge in [-0.1, -0.05) is 12.1 Å². The Morgan fingerprint density at radius 1 is 1.35 bits per heavy atom. The molecule has 2 rings (SSSR count). The van der Waals surface area contributed by atoms with Crippen molar-refractivity contribution < 1.29 is 4.39 Å². The van der Waals surface area contributed by atoms with E-state index in [1.165, 1.54) is 0 Å². The first kappa shape index (κ1) is 14.4. The fourth-order valence-corrected chi connectivity index (χ4v) is 2.39. The highest BCUT2D eigenvalue weighted by Gasteiger charge is 2.14. The van der Waals surface area contributed by atoms with E-state index < -0.39 is 5.82 Å². The second-order valence-corrected chi connectivity index (χ2v) is 5.27. The molecule has 3 nitrogen and oxygen atoms in total. The number of halogens is 2. The maximum atomic E-state index is 14.2. The lowest BCUT2D eigenvalue weighted by atomic mass is 10.1. The summed E-state index contributed by atoms with van der Waals surface area (Å²) in [7, 11) is 1.79. The summed E-state index contributed by atoms with van der Waals surface area (Å²) in [6, 6.07) is 12.6. The SMILES string of the molecule is CN(Cc1cccc(N)c1)c1ccc(C#N)c(Br)c1F. The molecule has 0 spiro atoms. The number of nitriles is 1. The first-order valence-corrected chi connectivity index (χ1v) is 6.76. The van der Waals surface area contributed by atoms with Crippen LogP contribution in [0.3, 0.4) is 0 Å². The molecule has 20 heavy (non-hydrogen) atoms. The molecule has 0 heterocycles. The number of benzene rings is 2. The molecule has 2 N–H and O–H groups in total. The summed E-state index contributed by atoms with van der Waals surface area (Å²) in [5, 5.41) is 8.86. The van der Waals surface area contributed by atoms with Crippen LogP contribution in [-0.4, -0.2) is 7.05 Å². The fourth-order valence-electron chi connectivity index (χ4n) is 1.97. The van der Waals surface area contributed by atoms with Crippen molar-refractivity contribution in [1.82, 2.24) is 0 Å². The highest BCUT2D eigenvalue weighted by atomic mass is 79.9. The van der Waals surface area contributed by atoms with E-state index >= 15 is 0 Å². The minimum absolute atomic E-state index is 0.192. The molecule has 102 valence electrons. The van der Waals surface area contributed by atoms with Gasteiger partial charge in [0, 0.05) is 19.3 Å². The Labute approximate surface area is 125 Å². The van der Waals surface area contributed by atoms with Crippen molar-refractivity contribution >= 4 is 27.3 Å². The molecule has 0 saturated heterocycles. The van der Waals surface area contributed by atoms with E-state index in [1.54, 1.807) is 24.1 Å². The summed E-state index contributed by atoms with van der Waals surface area (Å²) in [6.45, 7) is 0.528. The van der Waals surface area contributed by atoms with Crippen LogP contribution in [0.5, 0.6) is 0 Å². The van der Waals surface area contributed by atoms with E-state index in [4.69, 9.17) is 11.0 Å². The summed E-state index contributed by atoms with van der Waals surface area (Å²) in [5.74, 6) is -0.435. The highest BCUT2D eigenvalue weighted by molar-refractivity contribution is 9.10. The average molecular weight is 334 g/mol. The second-order valence-electron chi connectivity index (χ2n) is 4.47. The number of nitrogens with two attached hydrogens (primary N) is 1. The van der Waals surface area contributed by atoms with Crippen molar-refractivity contribution in [1.29, 1.82) is 5.26 Å². The Bertz CT molecular complexity index is 679. The Morgan fingerprint density at radius 2 is 2.10 bits per heavy atom. The van der Waals surface area contributed by atoms with Crippen LogP contribution in [0, 0.1) is 17.1 Å². The van der Waals surface area contributed by atoms with Crippen molar-refractivity contribution in [2.24, 2.45) is 0 Å². The third-order valence-electron chi connectivity index (χ3n) is 2.96. The van der Waals surface area contributed by atoms with E-state index in [0.29, 0.717) is 17.9 Å². The largest absolute Gasteiger partial charge is 0.399 e. The minimum Gasteiger partial charge on any atom is -0.399 e. The van der Waals surface area contributed by atoms with Gasteiger partial charge in [-0.2, -0.15) is 5.26 Å². The molecule has 0 aliphatic rings. The Hall–Kier alpha value is -2.06. The molecule has 0 bridgehead atoms. The molecule has 0 aliphatic heterocycles. The van der Waals surface area contributed by atoms with E-state index in [2.05, 4.69) is 15.9 Å². The average Bonchev–Trinajstić information content (AvgIpc) is 2.41. The second kappa shape index (κ2) is 5.93. The zero-order valence-electron chi connectivity index (χ0n) is 10.9. The van der Waals surface area contributed by atoms with Crippen LogP contribution in [0.4, 0.5) is 15.8 Å². The zero-order valence-corrected chi connectivity index (χ0v) is 12.5. The lowest BCUT2D eigenvalue weighted by Crippen LogP contribution is -2.18. The number of anilines is 2. The first-order chi connectivity index (χ1) is 9.52. The van der Waals surface area contributed by atoms with Gasteiger partial charge in [-0.3, -0.25) is 0 Å². The summed E-state index contributed by atoms with van der Waals surface area (Å²) in [5.41, 5.74) is 8.11. The molecule has 0 amide bonds. The topological polar surface area (TPSA) is 53.0 Å². The zero-order chi connectivity index (χ0) is 14.7. The molecule has 0 aromatic heterocycles. The van der Waals surface area contributed by atoms with Crippen molar-refractivity contribution in [3.63, 3.8) is 0 Å². The van der Waals surface area contributed by atoms with Gasteiger partial charge in [0.15, 0.2) is 5.82 Å². The Balaban J connectivity index is 2.28. The molecule has 2 aromatic rings. The number of rotatable bonds is 3. The van der Waals surface area contributed by atoms with Crippen LogP contribution in [0.15, 0.2) is 40.9 Å². The number of hydrogen-bond acceptors (Lipinski definition) is 3. The van der Waals surface area contributed by atoms with Crippen LogP contribution < -0.4 is 10.6 Å². The molecule has 0 saturated carbocycles.